The number of nitrogen functional groups attached to an aromatic ring is 1. The molecule has 1 saturated carbocycles. The monoisotopic (exact) mass is 378 g/mol. The first-order chi connectivity index (χ1) is 13.4. The van der Waals surface area contributed by atoms with E-state index in [1.165, 1.54) is 12.3 Å². The van der Waals surface area contributed by atoms with Crippen LogP contribution in [0, 0.1) is 41.7 Å². The summed E-state index contributed by atoms with van der Waals surface area (Å²) in [5.74, 6) is -2.50. The maximum Gasteiger partial charge on any atom is 0.230 e. The Morgan fingerprint density at radius 3 is 2.71 bits per heavy atom. The Hall–Kier alpha value is -3.53. The normalized spacial score (nSPS) is 17.9. The number of nitrogens with zero attached hydrogens (tertiary/aromatic N) is 2. The number of amides is 1. The van der Waals surface area contributed by atoms with Gasteiger partial charge >= 0.3 is 0 Å². The van der Waals surface area contributed by atoms with Crippen LogP contribution in [0.2, 0.25) is 0 Å². The molecule has 3 N–H and O–H groups in total. The van der Waals surface area contributed by atoms with Gasteiger partial charge in [-0.25, -0.2) is 13.8 Å². The number of carbonyl (C=O) groups excluding carboxylic acids is 1. The maximum absolute atomic E-state index is 15.3. The van der Waals surface area contributed by atoms with Crippen molar-refractivity contribution < 1.29 is 13.6 Å². The Labute approximate surface area is 159 Å². The SMILES string of the molecule is Cc1ccccc1-c1c(F)c(N)c2cnc(NC(=O)[C@H]3C[C@@H]3C#N)cc2c1F. The van der Waals surface area contributed by atoms with Crippen molar-refractivity contribution >= 4 is 28.2 Å². The highest BCUT2D eigenvalue weighted by Crippen LogP contribution is 2.40. The molecule has 0 radical (unpaired) electrons. The Balaban J connectivity index is 1.81. The summed E-state index contributed by atoms with van der Waals surface area (Å²) >= 11 is 0. The van der Waals surface area contributed by atoms with Crippen molar-refractivity contribution in [2.24, 2.45) is 11.8 Å². The first-order valence-corrected chi connectivity index (χ1v) is 8.75. The van der Waals surface area contributed by atoms with Crippen LogP contribution in [0.1, 0.15) is 12.0 Å². The molecule has 5 nitrogen and oxygen atoms in total. The molecule has 1 amide bonds. The number of rotatable bonds is 3. The lowest BCUT2D eigenvalue weighted by Gasteiger charge is -2.14. The maximum atomic E-state index is 15.3. The Morgan fingerprint density at radius 2 is 2.04 bits per heavy atom. The van der Waals surface area contributed by atoms with Gasteiger partial charge in [-0.1, -0.05) is 24.3 Å². The summed E-state index contributed by atoms with van der Waals surface area (Å²) in [5, 5.41) is 11.6. The summed E-state index contributed by atoms with van der Waals surface area (Å²) in [6, 6.07) is 10.2. The fourth-order valence-electron chi connectivity index (χ4n) is 3.34. The molecule has 1 fully saturated rings. The zero-order chi connectivity index (χ0) is 20.0. The van der Waals surface area contributed by atoms with Crippen LogP contribution in [0.3, 0.4) is 0 Å². The predicted octanol–water partition coefficient (Wildman–Crippen LogP) is 4.17. The zero-order valence-electron chi connectivity index (χ0n) is 15.0. The largest absolute Gasteiger partial charge is 0.396 e. The van der Waals surface area contributed by atoms with Crippen LogP contribution in [-0.2, 0) is 4.79 Å². The van der Waals surface area contributed by atoms with E-state index in [0.29, 0.717) is 17.5 Å². The van der Waals surface area contributed by atoms with Gasteiger partial charge < -0.3 is 11.1 Å². The third-order valence-electron chi connectivity index (χ3n) is 5.06. The van der Waals surface area contributed by atoms with Gasteiger partial charge in [0.2, 0.25) is 5.91 Å². The smallest absolute Gasteiger partial charge is 0.230 e. The molecule has 1 aliphatic carbocycles. The lowest BCUT2D eigenvalue weighted by atomic mass is 9.96. The highest BCUT2D eigenvalue weighted by molar-refractivity contribution is 6.01. The molecule has 1 aliphatic rings. The summed E-state index contributed by atoms with van der Waals surface area (Å²) in [6.07, 6.45) is 1.74. The van der Waals surface area contributed by atoms with Gasteiger partial charge in [-0.15, -0.1) is 0 Å². The standard InChI is InChI=1S/C21H16F2N4O/c1-10-4-2-3-5-12(10)17-18(22)14-7-16(26-9-15(14)20(25)19(17)23)27-21(28)13-6-11(13)8-24/h2-5,7,9,11,13H,6,25H2,1H3,(H,26,27,28)/t11-,13+/m1/s1. The number of carbonyl (C=O) groups is 1. The van der Waals surface area contributed by atoms with Gasteiger partial charge in [0.15, 0.2) is 5.82 Å². The molecule has 0 saturated heterocycles. The average Bonchev–Trinajstić information content (AvgIpc) is 3.48. The van der Waals surface area contributed by atoms with Crippen molar-refractivity contribution in [2.75, 3.05) is 11.1 Å². The molecule has 7 heteroatoms. The van der Waals surface area contributed by atoms with Crippen LogP contribution in [-0.4, -0.2) is 10.9 Å². The van der Waals surface area contributed by atoms with E-state index in [4.69, 9.17) is 11.0 Å². The van der Waals surface area contributed by atoms with Crippen molar-refractivity contribution in [2.45, 2.75) is 13.3 Å². The topological polar surface area (TPSA) is 91.8 Å². The number of anilines is 2. The molecule has 28 heavy (non-hydrogen) atoms. The molecule has 2 atom stereocenters. The van der Waals surface area contributed by atoms with E-state index in [1.54, 1.807) is 31.2 Å². The van der Waals surface area contributed by atoms with Gasteiger partial charge in [0.05, 0.1) is 29.2 Å². The van der Waals surface area contributed by atoms with E-state index in [-0.39, 0.29) is 45.6 Å². The van der Waals surface area contributed by atoms with Crippen LogP contribution >= 0.6 is 0 Å². The Kier molecular flexibility index (Phi) is 4.19. The summed E-state index contributed by atoms with van der Waals surface area (Å²) in [6.45, 7) is 1.76. The number of nitriles is 1. The minimum absolute atomic E-state index is 0.0649. The molecular formula is C21H16F2N4O. The van der Waals surface area contributed by atoms with Crippen LogP contribution in [0.5, 0.6) is 0 Å². The first-order valence-electron chi connectivity index (χ1n) is 8.75. The second-order valence-electron chi connectivity index (χ2n) is 6.91. The molecule has 0 spiro atoms. The van der Waals surface area contributed by atoms with E-state index in [0.717, 1.165) is 0 Å². The number of benzene rings is 2. The summed E-state index contributed by atoms with van der Waals surface area (Å²) in [7, 11) is 0. The van der Waals surface area contributed by atoms with Gasteiger partial charge in [-0.3, -0.25) is 4.79 Å². The van der Waals surface area contributed by atoms with Crippen LogP contribution in [0.4, 0.5) is 20.3 Å². The molecular weight excluding hydrogens is 362 g/mol. The van der Waals surface area contributed by atoms with E-state index >= 15 is 4.39 Å². The lowest BCUT2D eigenvalue weighted by molar-refractivity contribution is -0.117. The average molecular weight is 378 g/mol. The lowest BCUT2D eigenvalue weighted by Crippen LogP contribution is -2.15. The minimum atomic E-state index is -0.840. The highest BCUT2D eigenvalue weighted by Gasteiger charge is 2.43. The summed E-state index contributed by atoms with van der Waals surface area (Å²) < 4.78 is 30.2. The van der Waals surface area contributed by atoms with E-state index in [2.05, 4.69) is 10.3 Å². The van der Waals surface area contributed by atoms with Crippen molar-refractivity contribution in [1.29, 1.82) is 5.26 Å². The second-order valence-corrected chi connectivity index (χ2v) is 6.91. The number of aryl methyl sites for hydroxylation is 1. The zero-order valence-corrected chi connectivity index (χ0v) is 15.0. The third-order valence-corrected chi connectivity index (χ3v) is 5.06. The van der Waals surface area contributed by atoms with E-state index < -0.39 is 11.6 Å². The number of fused-ring (bicyclic) bond motifs is 1. The number of nitrogens with two attached hydrogens (primary N) is 1. The number of pyridine rings is 1. The molecule has 0 unspecified atom stereocenters. The van der Waals surface area contributed by atoms with E-state index in [1.807, 2.05) is 6.07 Å². The fourth-order valence-corrected chi connectivity index (χ4v) is 3.34. The molecule has 4 rings (SSSR count). The Morgan fingerprint density at radius 1 is 1.29 bits per heavy atom. The molecule has 3 aromatic rings. The van der Waals surface area contributed by atoms with Crippen LogP contribution in [0.25, 0.3) is 21.9 Å². The number of aromatic nitrogens is 1. The number of hydrogen-bond acceptors (Lipinski definition) is 4. The molecule has 2 aromatic carbocycles. The highest BCUT2D eigenvalue weighted by atomic mass is 19.1. The number of hydrogen-bond donors (Lipinski definition) is 2. The van der Waals surface area contributed by atoms with Crippen LogP contribution < -0.4 is 11.1 Å². The minimum Gasteiger partial charge on any atom is -0.396 e. The van der Waals surface area contributed by atoms with Gasteiger partial charge in [0.25, 0.3) is 0 Å². The van der Waals surface area contributed by atoms with Gasteiger partial charge in [-0.2, -0.15) is 5.26 Å². The van der Waals surface area contributed by atoms with Crippen molar-refractivity contribution in [1.82, 2.24) is 4.98 Å². The molecule has 0 bridgehead atoms. The quantitative estimate of drug-likeness (QED) is 0.669. The molecule has 140 valence electrons. The molecule has 1 heterocycles. The first kappa shape index (κ1) is 17.9. The number of nitrogens with one attached hydrogen (secondary N) is 1. The fraction of sp³-hybridized carbons (Fsp3) is 0.190. The van der Waals surface area contributed by atoms with E-state index in [9.17, 15) is 9.18 Å². The van der Waals surface area contributed by atoms with Crippen molar-refractivity contribution in [3.63, 3.8) is 0 Å². The summed E-state index contributed by atoms with van der Waals surface area (Å²) in [5.41, 5.74) is 6.62. The van der Waals surface area contributed by atoms with Crippen LogP contribution in [0.15, 0.2) is 36.5 Å². The number of halogens is 2. The third kappa shape index (κ3) is 2.83. The molecule has 1 aromatic heterocycles. The second kappa shape index (κ2) is 6.57. The van der Waals surface area contributed by atoms with Crippen molar-refractivity contribution in [3.05, 3.63) is 53.7 Å². The Bertz CT molecular complexity index is 1170. The predicted molar refractivity (Wildman–Crippen MR) is 102 cm³/mol. The summed E-state index contributed by atoms with van der Waals surface area (Å²) in [4.78, 5) is 16.2. The van der Waals surface area contributed by atoms with Gasteiger partial charge in [0.1, 0.15) is 11.6 Å². The van der Waals surface area contributed by atoms with Crippen molar-refractivity contribution in [3.8, 4) is 17.2 Å². The van der Waals surface area contributed by atoms with Gasteiger partial charge in [0, 0.05) is 17.0 Å². The van der Waals surface area contributed by atoms with Gasteiger partial charge in [-0.05, 0) is 30.5 Å². The molecule has 0 aliphatic heterocycles.